The summed E-state index contributed by atoms with van der Waals surface area (Å²) in [7, 11) is -3.70. The molecule has 0 aliphatic carbocycles. The van der Waals surface area contributed by atoms with Crippen molar-refractivity contribution in [1.82, 2.24) is 0 Å². The van der Waals surface area contributed by atoms with E-state index in [0.29, 0.717) is 23.7 Å². The highest BCUT2D eigenvalue weighted by Crippen LogP contribution is 2.31. The fraction of sp³-hybridized carbons (Fsp3) is 0.235. The molecule has 2 aromatic carbocycles. The lowest BCUT2D eigenvalue weighted by Gasteiger charge is -2.15. The van der Waals surface area contributed by atoms with Crippen molar-refractivity contribution >= 4 is 38.9 Å². The number of rotatable bonds is 3. The number of hydrogen-bond acceptors (Lipinski definition) is 3. The number of nitrogens with zero attached hydrogens (tertiary/aromatic N) is 1. The maximum atomic E-state index is 12.6. The van der Waals surface area contributed by atoms with Gasteiger partial charge in [-0.05, 0) is 60.9 Å². The molecule has 126 valence electrons. The van der Waals surface area contributed by atoms with E-state index in [9.17, 15) is 13.2 Å². The molecule has 1 amide bonds. The Bertz CT molecular complexity index is 925. The number of nitrogens with one attached hydrogen (secondary N) is 1. The summed E-state index contributed by atoms with van der Waals surface area (Å²) < 4.78 is 27.8. The molecule has 0 radical (unpaired) electrons. The Morgan fingerprint density at radius 1 is 1.21 bits per heavy atom. The van der Waals surface area contributed by atoms with E-state index in [4.69, 9.17) is 11.6 Å². The molecule has 0 bridgehead atoms. The molecule has 2 aromatic rings. The van der Waals surface area contributed by atoms with Gasteiger partial charge in [0.1, 0.15) is 0 Å². The SMILES string of the molecule is CC(=O)N1CCc2cc(S(=O)(=O)Nc3ccc(Cl)cc3C)ccc21. The van der Waals surface area contributed by atoms with Crippen LogP contribution in [0.15, 0.2) is 41.3 Å². The second-order valence-corrected chi connectivity index (χ2v) is 7.89. The lowest BCUT2D eigenvalue weighted by molar-refractivity contribution is -0.116. The van der Waals surface area contributed by atoms with Crippen LogP contribution in [0.2, 0.25) is 5.02 Å². The molecule has 24 heavy (non-hydrogen) atoms. The van der Waals surface area contributed by atoms with Crippen molar-refractivity contribution in [2.24, 2.45) is 0 Å². The summed E-state index contributed by atoms with van der Waals surface area (Å²) >= 11 is 5.90. The number of fused-ring (bicyclic) bond motifs is 1. The van der Waals surface area contributed by atoms with Crippen LogP contribution in [0.4, 0.5) is 11.4 Å². The normalized spacial score (nSPS) is 13.7. The fourth-order valence-corrected chi connectivity index (χ4v) is 4.23. The molecule has 1 N–H and O–H groups in total. The van der Waals surface area contributed by atoms with Crippen molar-refractivity contribution in [3.63, 3.8) is 0 Å². The average Bonchev–Trinajstić information content (AvgIpc) is 2.93. The van der Waals surface area contributed by atoms with Gasteiger partial charge in [0.05, 0.1) is 10.6 Å². The lowest BCUT2D eigenvalue weighted by atomic mass is 10.2. The fourth-order valence-electron chi connectivity index (χ4n) is 2.82. The molecule has 0 saturated heterocycles. The number of sulfonamides is 1. The van der Waals surface area contributed by atoms with Gasteiger partial charge in [-0.2, -0.15) is 0 Å². The Labute approximate surface area is 146 Å². The Balaban J connectivity index is 1.92. The van der Waals surface area contributed by atoms with Crippen molar-refractivity contribution in [3.8, 4) is 0 Å². The summed E-state index contributed by atoms with van der Waals surface area (Å²) in [6.45, 7) is 3.87. The molecule has 0 spiro atoms. The van der Waals surface area contributed by atoms with Gasteiger partial charge in [-0.3, -0.25) is 9.52 Å². The Morgan fingerprint density at radius 3 is 2.62 bits per heavy atom. The first-order valence-corrected chi connectivity index (χ1v) is 9.34. The molecule has 1 aliphatic rings. The minimum atomic E-state index is -3.70. The monoisotopic (exact) mass is 364 g/mol. The lowest BCUT2D eigenvalue weighted by Crippen LogP contribution is -2.25. The van der Waals surface area contributed by atoms with Crippen LogP contribution in [0.25, 0.3) is 0 Å². The predicted octanol–water partition coefficient (Wildman–Crippen LogP) is 3.36. The first kappa shape index (κ1) is 16.8. The van der Waals surface area contributed by atoms with Crippen molar-refractivity contribution < 1.29 is 13.2 Å². The van der Waals surface area contributed by atoms with E-state index in [1.165, 1.54) is 13.0 Å². The molecule has 0 atom stereocenters. The van der Waals surface area contributed by atoms with Gasteiger partial charge in [-0.15, -0.1) is 0 Å². The number of hydrogen-bond donors (Lipinski definition) is 1. The number of aryl methyl sites for hydroxylation is 1. The van der Waals surface area contributed by atoms with Crippen LogP contribution in [-0.4, -0.2) is 20.9 Å². The van der Waals surface area contributed by atoms with E-state index in [0.717, 1.165) is 16.8 Å². The van der Waals surface area contributed by atoms with E-state index >= 15 is 0 Å². The van der Waals surface area contributed by atoms with Crippen molar-refractivity contribution in [1.29, 1.82) is 0 Å². The maximum absolute atomic E-state index is 12.6. The summed E-state index contributed by atoms with van der Waals surface area (Å²) in [5.41, 5.74) is 2.88. The molecule has 1 heterocycles. The summed E-state index contributed by atoms with van der Waals surface area (Å²) in [5, 5.41) is 0.553. The first-order valence-electron chi connectivity index (χ1n) is 7.48. The largest absolute Gasteiger partial charge is 0.312 e. The number of carbonyl (C=O) groups excluding carboxylic acids is 1. The topological polar surface area (TPSA) is 66.5 Å². The number of carbonyl (C=O) groups is 1. The van der Waals surface area contributed by atoms with E-state index in [1.54, 1.807) is 42.2 Å². The van der Waals surface area contributed by atoms with Gasteiger partial charge in [0, 0.05) is 24.2 Å². The molecule has 1 aliphatic heterocycles. The highest BCUT2D eigenvalue weighted by Gasteiger charge is 2.25. The standard InChI is InChI=1S/C17H17ClN2O3S/c1-11-9-14(18)3-5-16(11)19-24(22,23)15-4-6-17-13(10-15)7-8-20(17)12(2)21/h3-6,9-10,19H,7-8H2,1-2H3. The predicted molar refractivity (Wildman–Crippen MR) is 95.2 cm³/mol. The highest BCUT2D eigenvalue weighted by atomic mass is 35.5. The molecule has 0 aromatic heterocycles. The minimum absolute atomic E-state index is 0.0423. The van der Waals surface area contributed by atoms with Crippen LogP contribution in [0.3, 0.4) is 0 Å². The zero-order chi connectivity index (χ0) is 17.5. The summed E-state index contributed by atoms with van der Waals surface area (Å²) in [5.74, 6) is -0.0423. The zero-order valence-electron chi connectivity index (χ0n) is 13.3. The second kappa shape index (κ2) is 6.11. The number of benzene rings is 2. The van der Waals surface area contributed by atoms with Gasteiger partial charge < -0.3 is 4.90 Å². The van der Waals surface area contributed by atoms with Crippen LogP contribution in [-0.2, 0) is 21.2 Å². The van der Waals surface area contributed by atoms with E-state index in [1.807, 2.05) is 0 Å². The molecule has 0 saturated carbocycles. The van der Waals surface area contributed by atoms with E-state index < -0.39 is 10.0 Å². The van der Waals surface area contributed by atoms with Gasteiger partial charge in [0.2, 0.25) is 5.91 Å². The number of anilines is 2. The maximum Gasteiger partial charge on any atom is 0.261 e. The smallest absolute Gasteiger partial charge is 0.261 e. The summed E-state index contributed by atoms with van der Waals surface area (Å²) in [6.07, 6.45) is 0.651. The zero-order valence-corrected chi connectivity index (χ0v) is 14.9. The molecular formula is C17H17ClN2O3S. The first-order chi connectivity index (χ1) is 11.3. The van der Waals surface area contributed by atoms with Crippen molar-refractivity contribution in [2.75, 3.05) is 16.2 Å². The van der Waals surface area contributed by atoms with Gasteiger partial charge in [0.25, 0.3) is 10.0 Å². The van der Waals surface area contributed by atoms with Crippen LogP contribution in [0, 0.1) is 6.92 Å². The van der Waals surface area contributed by atoms with Gasteiger partial charge >= 0.3 is 0 Å². The highest BCUT2D eigenvalue weighted by molar-refractivity contribution is 7.92. The van der Waals surface area contributed by atoms with Crippen LogP contribution >= 0.6 is 11.6 Å². The third-order valence-electron chi connectivity index (χ3n) is 4.07. The average molecular weight is 365 g/mol. The Hall–Kier alpha value is -2.05. The summed E-state index contributed by atoms with van der Waals surface area (Å²) in [6, 6.07) is 9.82. The van der Waals surface area contributed by atoms with Crippen molar-refractivity contribution in [2.45, 2.75) is 25.2 Å². The molecule has 0 fully saturated rings. The van der Waals surface area contributed by atoms with Crippen LogP contribution in [0.5, 0.6) is 0 Å². The Kier molecular flexibility index (Phi) is 4.27. The molecular weight excluding hydrogens is 348 g/mol. The quantitative estimate of drug-likeness (QED) is 0.908. The number of amides is 1. The van der Waals surface area contributed by atoms with Crippen LogP contribution < -0.4 is 9.62 Å². The number of halogens is 1. The molecule has 0 unspecified atom stereocenters. The summed E-state index contributed by atoms with van der Waals surface area (Å²) in [4.78, 5) is 13.4. The van der Waals surface area contributed by atoms with Gasteiger partial charge in [-0.1, -0.05) is 11.6 Å². The Morgan fingerprint density at radius 2 is 1.96 bits per heavy atom. The van der Waals surface area contributed by atoms with Gasteiger partial charge in [-0.25, -0.2) is 8.42 Å². The van der Waals surface area contributed by atoms with E-state index in [-0.39, 0.29) is 10.8 Å². The third kappa shape index (κ3) is 3.12. The van der Waals surface area contributed by atoms with Crippen LogP contribution in [0.1, 0.15) is 18.1 Å². The molecule has 7 heteroatoms. The second-order valence-electron chi connectivity index (χ2n) is 5.78. The molecule has 5 nitrogen and oxygen atoms in total. The van der Waals surface area contributed by atoms with Crippen molar-refractivity contribution in [3.05, 3.63) is 52.5 Å². The molecule has 3 rings (SSSR count). The third-order valence-corrected chi connectivity index (χ3v) is 5.67. The van der Waals surface area contributed by atoms with Gasteiger partial charge in [0.15, 0.2) is 0 Å². The van der Waals surface area contributed by atoms with E-state index in [2.05, 4.69) is 4.72 Å². The minimum Gasteiger partial charge on any atom is -0.312 e.